The second-order valence-corrected chi connectivity index (χ2v) is 6.89. The van der Waals surface area contributed by atoms with Gasteiger partial charge in [0, 0.05) is 11.3 Å². The molecule has 0 aliphatic heterocycles. The molecular weight excluding hydrogens is 349 g/mol. The molecule has 3 nitrogen and oxygen atoms in total. The molecule has 0 aliphatic rings. The van der Waals surface area contributed by atoms with Crippen molar-refractivity contribution in [1.82, 2.24) is 5.32 Å². The Labute approximate surface area is 156 Å². The van der Waals surface area contributed by atoms with Crippen LogP contribution < -0.4 is 10.1 Å². The number of methoxy groups -OCH3 is 1. The molecule has 0 fully saturated rings. The van der Waals surface area contributed by atoms with Crippen LogP contribution >= 0.6 is 11.3 Å². The van der Waals surface area contributed by atoms with E-state index in [1.807, 2.05) is 41.8 Å². The van der Waals surface area contributed by atoms with E-state index in [1.54, 1.807) is 30.6 Å². The molecule has 0 spiro atoms. The lowest BCUT2D eigenvalue weighted by molar-refractivity contribution is -0.121. The van der Waals surface area contributed by atoms with E-state index in [-0.39, 0.29) is 17.8 Å². The number of nitrogens with one attached hydrogen (secondary N) is 1. The summed E-state index contributed by atoms with van der Waals surface area (Å²) < 4.78 is 18.4. The van der Waals surface area contributed by atoms with Gasteiger partial charge in [-0.3, -0.25) is 4.79 Å². The largest absolute Gasteiger partial charge is 0.497 e. The number of thiophene rings is 1. The van der Waals surface area contributed by atoms with Crippen LogP contribution in [0.15, 0.2) is 66.0 Å². The number of hydrogen-bond acceptors (Lipinski definition) is 3. The number of carbonyl (C=O) groups excluding carboxylic acids is 1. The zero-order valence-corrected chi connectivity index (χ0v) is 15.3. The van der Waals surface area contributed by atoms with Gasteiger partial charge >= 0.3 is 0 Å². The highest BCUT2D eigenvalue weighted by atomic mass is 32.1. The summed E-state index contributed by atoms with van der Waals surface area (Å²) in [5.41, 5.74) is 1.95. The van der Waals surface area contributed by atoms with Gasteiger partial charge in [0.2, 0.25) is 5.91 Å². The maximum atomic E-state index is 13.2. The summed E-state index contributed by atoms with van der Waals surface area (Å²) in [5, 5.41) is 5.04. The molecule has 3 rings (SSSR count). The Morgan fingerprint density at radius 3 is 2.46 bits per heavy atom. The van der Waals surface area contributed by atoms with Gasteiger partial charge in [-0.05, 0) is 53.3 Å². The third kappa shape index (κ3) is 4.70. The number of ether oxygens (including phenoxy) is 1. The van der Waals surface area contributed by atoms with Gasteiger partial charge in [-0.2, -0.15) is 0 Å². The summed E-state index contributed by atoms with van der Waals surface area (Å²) in [6.07, 6.45) is 1.03. The van der Waals surface area contributed by atoms with Crippen LogP contribution in [-0.4, -0.2) is 13.0 Å². The second-order valence-electron chi connectivity index (χ2n) is 5.92. The molecule has 1 N–H and O–H groups in total. The first-order chi connectivity index (χ1) is 12.7. The summed E-state index contributed by atoms with van der Waals surface area (Å²) in [5.74, 6) is 0.473. The quantitative estimate of drug-likeness (QED) is 0.654. The molecule has 0 aliphatic carbocycles. The van der Waals surface area contributed by atoms with Crippen LogP contribution in [0.3, 0.4) is 0 Å². The fourth-order valence-corrected chi connectivity index (χ4v) is 3.52. The number of carbonyl (C=O) groups is 1. The van der Waals surface area contributed by atoms with Crippen LogP contribution in [0.2, 0.25) is 0 Å². The molecule has 1 heterocycles. The fourth-order valence-electron chi connectivity index (χ4n) is 2.71. The summed E-state index contributed by atoms with van der Waals surface area (Å²) in [7, 11) is 1.63. The van der Waals surface area contributed by atoms with Crippen molar-refractivity contribution in [3.8, 4) is 5.75 Å². The predicted octanol–water partition coefficient (Wildman–Crippen LogP) is 4.73. The minimum atomic E-state index is -0.287. The SMILES string of the molecule is COc1ccc(CCC(=O)NC(c2ccc(F)cc2)c2cccs2)cc1. The molecule has 0 radical (unpaired) electrons. The van der Waals surface area contributed by atoms with Crippen molar-refractivity contribution in [1.29, 1.82) is 0 Å². The minimum absolute atomic E-state index is 0.0384. The topological polar surface area (TPSA) is 38.3 Å². The van der Waals surface area contributed by atoms with E-state index in [9.17, 15) is 9.18 Å². The molecular formula is C21H20FNO2S. The van der Waals surface area contributed by atoms with Gasteiger partial charge in [-0.15, -0.1) is 11.3 Å². The smallest absolute Gasteiger partial charge is 0.221 e. The first-order valence-corrected chi connectivity index (χ1v) is 9.25. The van der Waals surface area contributed by atoms with Crippen LogP contribution in [-0.2, 0) is 11.2 Å². The Bertz CT molecular complexity index is 829. The Morgan fingerprint density at radius 2 is 1.85 bits per heavy atom. The predicted molar refractivity (Wildman–Crippen MR) is 102 cm³/mol. The van der Waals surface area contributed by atoms with E-state index in [2.05, 4.69) is 5.32 Å². The molecule has 0 saturated heterocycles. The van der Waals surface area contributed by atoms with Crippen LogP contribution in [0.25, 0.3) is 0 Å². The first kappa shape index (κ1) is 18.1. The molecule has 0 bridgehead atoms. The van der Waals surface area contributed by atoms with Crippen LogP contribution in [0, 0.1) is 5.82 Å². The highest BCUT2D eigenvalue weighted by Gasteiger charge is 2.18. The van der Waals surface area contributed by atoms with Crippen LogP contribution in [0.1, 0.15) is 28.5 Å². The average Bonchev–Trinajstić information content (AvgIpc) is 3.20. The number of halogens is 1. The minimum Gasteiger partial charge on any atom is -0.497 e. The number of aryl methyl sites for hydroxylation is 1. The average molecular weight is 369 g/mol. The Kier molecular flexibility index (Phi) is 6.02. The number of rotatable bonds is 7. The van der Waals surface area contributed by atoms with E-state index >= 15 is 0 Å². The standard InChI is InChI=1S/C21H20FNO2S/c1-25-18-11-4-15(5-12-18)6-13-20(24)23-21(19-3-2-14-26-19)16-7-9-17(22)10-8-16/h2-5,7-12,14,21H,6,13H2,1H3,(H,23,24). The molecule has 1 atom stereocenters. The molecule has 1 amide bonds. The lowest BCUT2D eigenvalue weighted by atomic mass is 10.0. The molecule has 134 valence electrons. The third-order valence-corrected chi connectivity index (χ3v) is 5.07. The molecule has 5 heteroatoms. The van der Waals surface area contributed by atoms with E-state index in [1.165, 1.54) is 12.1 Å². The first-order valence-electron chi connectivity index (χ1n) is 8.37. The zero-order chi connectivity index (χ0) is 18.4. The van der Waals surface area contributed by atoms with Crippen LogP contribution in [0.5, 0.6) is 5.75 Å². The van der Waals surface area contributed by atoms with Crippen molar-refractivity contribution in [2.75, 3.05) is 7.11 Å². The van der Waals surface area contributed by atoms with Crippen molar-refractivity contribution in [3.63, 3.8) is 0 Å². The van der Waals surface area contributed by atoms with E-state index < -0.39 is 0 Å². The van der Waals surface area contributed by atoms with Crippen molar-refractivity contribution in [2.45, 2.75) is 18.9 Å². The van der Waals surface area contributed by atoms with Crippen molar-refractivity contribution in [3.05, 3.63) is 87.9 Å². The lowest BCUT2D eigenvalue weighted by Crippen LogP contribution is -2.29. The molecule has 2 aromatic carbocycles. The van der Waals surface area contributed by atoms with E-state index in [0.29, 0.717) is 12.8 Å². The second kappa shape index (κ2) is 8.63. The number of hydrogen-bond donors (Lipinski definition) is 1. The van der Waals surface area contributed by atoms with Gasteiger partial charge < -0.3 is 10.1 Å². The van der Waals surface area contributed by atoms with Gasteiger partial charge in [-0.1, -0.05) is 30.3 Å². The third-order valence-electron chi connectivity index (χ3n) is 4.14. The maximum Gasteiger partial charge on any atom is 0.221 e. The Hall–Kier alpha value is -2.66. The lowest BCUT2D eigenvalue weighted by Gasteiger charge is -2.18. The summed E-state index contributed by atoms with van der Waals surface area (Å²) in [4.78, 5) is 13.5. The van der Waals surface area contributed by atoms with Gasteiger partial charge in [0.05, 0.1) is 13.2 Å². The number of benzene rings is 2. The maximum absolute atomic E-state index is 13.2. The van der Waals surface area contributed by atoms with E-state index in [4.69, 9.17) is 4.74 Å². The molecule has 26 heavy (non-hydrogen) atoms. The molecule has 1 aromatic heterocycles. The van der Waals surface area contributed by atoms with Gasteiger partial charge in [-0.25, -0.2) is 4.39 Å². The zero-order valence-electron chi connectivity index (χ0n) is 14.4. The highest BCUT2D eigenvalue weighted by molar-refractivity contribution is 7.10. The summed E-state index contributed by atoms with van der Waals surface area (Å²) in [6, 6.07) is 17.6. The molecule has 3 aromatic rings. The van der Waals surface area contributed by atoms with Gasteiger partial charge in [0.1, 0.15) is 11.6 Å². The molecule has 0 saturated carbocycles. The number of amides is 1. The Balaban J connectivity index is 1.66. The van der Waals surface area contributed by atoms with Gasteiger partial charge in [0.15, 0.2) is 0 Å². The monoisotopic (exact) mass is 369 g/mol. The highest BCUT2D eigenvalue weighted by Crippen LogP contribution is 2.26. The van der Waals surface area contributed by atoms with Crippen molar-refractivity contribution in [2.24, 2.45) is 0 Å². The summed E-state index contributed by atoms with van der Waals surface area (Å²) in [6.45, 7) is 0. The van der Waals surface area contributed by atoms with Crippen molar-refractivity contribution >= 4 is 17.2 Å². The van der Waals surface area contributed by atoms with E-state index in [0.717, 1.165) is 21.8 Å². The normalized spacial score (nSPS) is 11.8. The Morgan fingerprint density at radius 1 is 1.12 bits per heavy atom. The summed E-state index contributed by atoms with van der Waals surface area (Å²) >= 11 is 1.57. The fraction of sp³-hybridized carbons (Fsp3) is 0.190. The van der Waals surface area contributed by atoms with Crippen LogP contribution in [0.4, 0.5) is 4.39 Å². The molecule has 1 unspecified atom stereocenters. The van der Waals surface area contributed by atoms with Crippen molar-refractivity contribution < 1.29 is 13.9 Å². The van der Waals surface area contributed by atoms with Gasteiger partial charge in [0.25, 0.3) is 0 Å².